The highest BCUT2D eigenvalue weighted by Gasteiger charge is 2.59. The Bertz CT molecular complexity index is 1160. The van der Waals surface area contributed by atoms with Gasteiger partial charge in [0.2, 0.25) is 5.91 Å². The number of fused-ring (bicyclic) bond motifs is 1. The van der Waals surface area contributed by atoms with Crippen molar-refractivity contribution in [3.63, 3.8) is 0 Å². The number of anilines is 1. The van der Waals surface area contributed by atoms with Crippen molar-refractivity contribution in [1.82, 2.24) is 4.90 Å². The number of benzene rings is 3. The maximum absolute atomic E-state index is 13.5. The number of nitrogens with zero attached hydrogens (tertiary/aromatic N) is 2. The van der Waals surface area contributed by atoms with Crippen molar-refractivity contribution in [3.8, 4) is 5.75 Å². The molecule has 5 rings (SSSR count). The van der Waals surface area contributed by atoms with E-state index in [1.807, 2.05) is 78.9 Å². The van der Waals surface area contributed by atoms with Crippen LogP contribution in [0.1, 0.15) is 17.2 Å². The predicted octanol–water partition coefficient (Wildman–Crippen LogP) is 4.50. The van der Waals surface area contributed by atoms with Gasteiger partial charge in [0.25, 0.3) is 5.91 Å². The van der Waals surface area contributed by atoms with E-state index in [1.165, 1.54) is 4.90 Å². The second-order valence-corrected chi connectivity index (χ2v) is 8.65. The molecule has 3 aromatic carbocycles. The number of ether oxygens (including phenoxy) is 1. The first-order valence-electron chi connectivity index (χ1n) is 10.3. The largest absolute Gasteiger partial charge is 0.496 e. The minimum Gasteiger partial charge on any atom is -0.496 e. The summed E-state index contributed by atoms with van der Waals surface area (Å²) in [5.74, 6) is -0.485. The molecule has 0 aliphatic carbocycles. The van der Waals surface area contributed by atoms with Crippen LogP contribution in [0, 0.1) is 5.92 Å². The zero-order valence-corrected chi connectivity index (χ0v) is 18.9. The van der Waals surface area contributed by atoms with E-state index in [1.54, 1.807) is 12.2 Å². The SMILES string of the molecule is COc1ccc(C2C3C(=O)N(Cc4ccccc4)C(=O)C3ON2c2ccccc2)cc1Br. The Balaban J connectivity index is 1.54. The fourth-order valence-corrected chi connectivity index (χ4v) is 4.96. The van der Waals surface area contributed by atoms with Crippen molar-refractivity contribution in [2.24, 2.45) is 5.92 Å². The molecule has 3 unspecified atom stereocenters. The van der Waals surface area contributed by atoms with Gasteiger partial charge in [-0.25, -0.2) is 5.06 Å². The van der Waals surface area contributed by atoms with Crippen molar-refractivity contribution in [1.29, 1.82) is 0 Å². The monoisotopic (exact) mass is 492 g/mol. The highest BCUT2D eigenvalue weighted by molar-refractivity contribution is 9.10. The third-order valence-electron chi connectivity index (χ3n) is 5.92. The molecule has 162 valence electrons. The molecule has 7 heteroatoms. The average molecular weight is 493 g/mol. The standard InChI is InChI=1S/C25H21BrN2O4/c1-31-20-13-12-17(14-19(20)26)22-21-23(32-28(22)18-10-6-3-7-11-18)25(30)27(24(21)29)15-16-8-4-2-5-9-16/h2-14,21-23H,15H2,1H3. The highest BCUT2D eigenvalue weighted by Crippen LogP contribution is 2.47. The van der Waals surface area contributed by atoms with Crippen LogP contribution >= 0.6 is 15.9 Å². The van der Waals surface area contributed by atoms with Crippen LogP contribution in [0.5, 0.6) is 5.75 Å². The molecule has 2 amide bonds. The van der Waals surface area contributed by atoms with Crippen LogP contribution < -0.4 is 9.80 Å². The minimum absolute atomic E-state index is 0.223. The fourth-order valence-electron chi connectivity index (χ4n) is 4.40. The number of carbonyl (C=O) groups excluding carboxylic acids is 2. The lowest BCUT2D eigenvalue weighted by Crippen LogP contribution is -2.36. The van der Waals surface area contributed by atoms with Gasteiger partial charge in [-0.15, -0.1) is 0 Å². The zero-order chi connectivity index (χ0) is 22.2. The van der Waals surface area contributed by atoms with Crippen LogP contribution in [-0.4, -0.2) is 29.9 Å². The first kappa shape index (κ1) is 20.7. The number of likely N-dealkylation sites (tertiary alicyclic amines) is 1. The van der Waals surface area contributed by atoms with E-state index >= 15 is 0 Å². The molecule has 3 atom stereocenters. The Labute approximate surface area is 194 Å². The summed E-state index contributed by atoms with van der Waals surface area (Å²) in [5.41, 5.74) is 2.55. The van der Waals surface area contributed by atoms with Crippen molar-refractivity contribution in [3.05, 3.63) is 94.5 Å². The number of carbonyl (C=O) groups is 2. The van der Waals surface area contributed by atoms with Crippen LogP contribution in [0.3, 0.4) is 0 Å². The van der Waals surface area contributed by atoms with Crippen LogP contribution in [-0.2, 0) is 21.0 Å². The molecule has 0 radical (unpaired) electrons. The maximum atomic E-state index is 13.5. The van der Waals surface area contributed by atoms with Crippen molar-refractivity contribution in [2.45, 2.75) is 18.7 Å². The Kier molecular flexibility index (Phi) is 5.45. The van der Waals surface area contributed by atoms with E-state index in [-0.39, 0.29) is 18.4 Å². The average Bonchev–Trinajstić information content (AvgIpc) is 3.32. The summed E-state index contributed by atoms with van der Waals surface area (Å²) in [7, 11) is 1.60. The lowest BCUT2D eigenvalue weighted by molar-refractivity contribution is -0.143. The molecule has 2 heterocycles. The van der Waals surface area contributed by atoms with E-state index in [0.717, 1.165) is 21.3 Å². The Morgan fingerprint density at radius 1 is 0.938 bits per heavy atom. The maximum Gasteiger partial charge on any atom is 0.262 e. The van der Waals surface area contributed by atoms with Crippen LogP contribution in [0.4, 0.5) is 5.69 Å². The van der Waals surface area contributed by atoms with Gasteiger partial charge < -0.3 is 4.74 Å². The van der Waals surface area contributed by atoms with Gasteiger partial charge in [0.15, 0.2) is 6.10 Å². The van der Waals surface area contributed by atoms with Gasteiger partial charge in [-0.3, -0.25) is 19.3 Å². The van der Waals surface area contributed by atoms with E-state index in [2.05, 4.69) is 15.9 Å². The number of hydrogen-bond acceptors (Lipinski definition) is 5. The summed E-state index contributed by atoms with van der Waals surface area (Å²) in [6.07, 6.45) is -0.864. The van der Waals surface area contributed by atoms with E-state index in [9.17, 15) is 9.59 Å². The molecule has 0 N–H and O–H groups in total. The van der Waals surface area contributed by atoms with Crippen molar-refractivity contribution >= 4 is 33.4 Å². The van der Waals surface area contributed by atoms with Crippen molar-refractivity contribution < 1.29 is 19.2 Å². The zero-order valence-electron chi connectivity index (χ0n) is 17.4. The van der Waals surface area contributed by atoms with Crippen LogP contribution in [0.15, 0.2) is 83.3 Å². The molecule has 2 aliphatic heterocycles. The molecule has 3 aromatic rings. The number of methoxy groups -OCH3 is 1. The van der Waals surface area contributed by atoms with E-state index < -0.39 is 18.1 Å². The molecule has 6 nitrogen and oxygen atoms in total. The van der Waals surface area contributed by atoms with Gasteiger partial charge in [-0.05, 0) is 51.3 Å². The summed E-state index contributed by atoms with van der Waals surface area (Å²) >= 11 is 3.54. The van der Waals surface area contributed by atoms with Gasteiger partial charge in [0, 0.05) is 0 Å². The first-order valence-corrected chi connectivity index (χ1v) is 11.1. The number of hydrogen-bond donors (Lipinski definition) is 0. The molecule has 2 fully saturated rings. The van der Waals surface area contributed by atoms with Crippen molar-refractivity contribution in [2.75, 3.05) is 12.2 Å². The summed E-state index contributed by atoms with van der Waals surface area (Å²) < 4.78 is 6.13. The molecule has 0 aromatic heterocycles. The molecular weight excluding hydrogens is 472 g/mol. The second kappa shape index (κ2) is 8.41. The van der Waals surface area contributed by atoms with Gasteiger partial charge in [-0.2, -0.15) is 0 Å². The van der Waals surface area contributed by atoms with E-state index in [4.69, 9.17) is 9.57 Å². The number of halogens is 1. The van der Waals surface area contributed by atoms with Crippen LogP contribution in [0.2, 0.25) is 0 Å². The van der Waals surface area contributed by atoms with Gasteiger partial charge in [-0.1, -0.05) is 54.6 Å². The topological polar surface area (TPSA) is 59.1 Å². The molecule has 0 spiro atoms. The number of hydroxylamine groups is 1. The smallest absolute Gasteiger partial charge is 0.262 e. The number of para-hydroxylation sites is 1. The Hall–Kier alpha value is -3.16. The number of rotatable bonds is 5. The van der Waals surface area contributed by atoms with Gasteiger partial charge >= 0.3 is 0 Å². The van der Waals surface area contributed by atoms with Crippen LogP contribution in [0.25, 0.3) is 0 Å². The first-order chi connectivity index (χ1) is 15.6. The normalized spacial score (nSPS) is 22.4. The molecule has 0 bridgehead atoms. The van der Waals surface area contributed by atoms with Gasteiger partial charge in [0.05, 0.1) is 29.9 Å². The third kappa shape index (κ3) is 3.47. The summed E-state index contributed by atoms with van der Waals surface area (Å²) in [5, 5.41) is 1.69. The lowest BCUT2D eigenvalue weighted by Gasteiger charge is -2.29. The molecule has 32 heavy (non-hydrogen) atoms. The minimum atomic E-state index is -0.864. The summed E-state index contributed by atoms with van der Waals surface area (Å²) in [6.45, 7) is 0.235. The Morgan fingerprint density at radius 2 is 1.62 bits per heavy atom. The Morgan fingerprint density at radius 3 is 2.28 bits per heavy atom. The number of amides is 2. The predicted molar refractivity (Wildman–Crippen MR) is 123 cm³/mol. The molecular formula is C25H21BrN2O4. The molecule has 2 aliphatic rings. The van der Waals surface area contributed by atoms with Gasteiger partial charge in [0.1, 0.15) is 11.7 Å². The summed E-state index contributed by atoms with van der Waals surface area (Å²) in [4.78, 5) is 34.3. The third-order valence-corrected chi connectivity index (χ3v) is 6.54. The molecule has 0 saturated carbocycles. The number of imide groups is 1. The fraction of sp³-hybridized carbons (Fsp3) is 0.200. The molecule has 2 saturated heterocycles. The quantitative estimate of drug-likeness (QED) is 0.490. The highest BCUT2D eigenvalue weighted by atomic mass is 79.9. The second-order valence-electron chi connectivity index (χ2n) is 7.80. The van der Waals surface area contributed by atoms with E-state index in [0.29, 0.717) is 5.75 Å². The lowest BCUT2D eigenvalue weighted by atomic mass is 9.90. The summed E-state index contributed by atoms with van der Waals surface area (Å²) in [6, 6.07) is 24.3.